The number of rotatable bonds is 4. The molecular formula is C14H17N2O2S. The summed E-state index contributed by atoms with van der Waals surface area (Å²) in [6.07, 6.45) is -0.677. The van der Waals surface area contributed by atoms with E-state index in [1.165, 1.54) is 0 Å². The third-order valence-electron chi connectivity index (χ3n) is 2.94. The van der Waals surface area contributed by atoms with Crippen molar-refractivity contribution in [2.24, 2.45) is 5.73 Å². The molecule has 4 nitrogen and oxygen atoms in total. The Hall–Kier alpha value is -1.43. The van der Waals surface area contributed by atoms with E-state index in [-0.39, 0.29) is 4.90 Å². The highest BCUT2D eigenvalue weighted by Crippen LogP contribution is 2.22. The van der Waals surface area contributed by atoms with Crippen molar-refractivity contribution < 1.29 is 8.42 Å². The van der Waals surface area contributed by atoms with Crippen LogP contribution in [0.15, 0.2) is 47.4 Å². The predicted molar refractivity (Wildman–Crippen MR) is 76.8 cm³/mol. The molecule has 19 heavy (non-hydrogen) atoms. The molecule has 0 saturated carbocycles. The van der Waals surface area contributed by atoms with E-state index >= 15 is 0 Å². The van der Waals surface area contributed by atoms with E-state index in [0.717, 1.165) is 11.3 Å². The van der Waals surface area contributed by atoms with Gasteiger partial charge in [-0.3, -0.25) is 0 Å². The quantitative estimate of drug-likeness (QED) is 0.840. The van der Waals surface area contributed by atoms with E-state index in [1.54, 1.807) is 32.0 Å². The van der Waals surface area contributed by atoms with Crippen molar-refractivity contribution >= 4 is 20.8 Å². The average Bonchev–Trinajstić information content (AvgIpc) is 2.37. The van der Waals surface area contributed by atoms with Gasteiger partial charge in [0.05, 0.1) is 11.1 Å². The minimum Gasteiger partial charge on any atom is -0.315 e. The maximum absolute atomic E-state index is 12.4. The number of nitrogens with two attached hydrogens (primary N) is 1. The van der Waals surface area contributed by atoms with Crippen LogP contribution in [-0.2, 0) is 10.0 Å². The molecular weight excluding hydrogens is 260 g/mol. The molecule has 0 aliphatic rings. The molecule has 0 fully saturated rings. The van der Waals surface area contributed by atoms with Crippen molar-refractivity contribution in [3.05, 3.63) is 48.4 Å². The summed E-state index contributed by atoms with van der Waals surface area (Å²) in [6.45, 7) is 3.58. The van der Waals surface area contributed by atoms with Gasteiger partial charge >= 0.3 is 0 Å². The fourth-order valence-electron chi connectivity index (χ4n) is 1.78. The molecule has 0 spiro atoms. The number of benzene rings is 2. The second kappa shape index (κ2) is 5.28. The van der Waals surface area contributed by atoms with Gasteiger partial charge in [0.1, 0.15) is 0 Å². The normalized spacial score (nSPS) is 13.9. The SMILES string of the molecule is C[C](C)C(N)NS(=O)(=O)c1cccc2ccccc12. The van der Waals surface area contributed by atoms with Crippen LogP contribution in [0.25, 0.3) is 10.8 Å². The van der Waals surface area contributed by atoms with Gasteiger partial charge < -0.3 is 5.73 Å². The molecule has 0 saturated heterocycles. The van der Waals surface area contributed by atoms with Crippen LogP contribution in [0.5, 0.6) is 0 Å². The second-order valence-electron chi connectivity index (χ2n) is 4.65. The highest BCUT2D eigenvalue weighted by Gasteiger charge is 2.21. The molecule has 101 valence electrons. The van der Waals surface area contributed by atoms with Gasteiger partial charge in [-0.05, 0) is 11.5 Å². The van der Waals surface area contributed by atoms with Gasteiger partial charge in [-0.1, -0.05) is 50.2 Å². The molecule has 2 aromatic rings. The molecule has 0 amide bonds. The van der Waals surface area contributed by atoms with Gasteiger partial charge in [0.25, 0.3) is 0 Å². The van der Waals surface area contributed by atoms with Crippen LogP contribution in [0.1, 0.15) is 13.8 Å². The topological polar surface area (TPSA) is 72.2 Å². The zero-order valence-corrected chi connectivity index (χ0v) is 11.7. The second-order valence-corrected chi connectivity index (χ2v) is 6.34. The van der Waals surface area contributed by atoms with E-state index in [9.17, 15) is 8.42 Å². The Kier molecular flexibility index (Phi) is 3.89. The van der Waals surface area contributed by atoms with Crippen LogP contribution in [0, 0.1) is 5.92 Å². The molecule has 0 aromatic heterocycles. The molecule has 0 aliphatic heterocycles. The maximum Gasteiger partial charge on any atom is 0.242 e. The van der Waals surface area contributed by atoms with Gasteiger partial charge in [0.2, 0.25) is 10.0 Å². The van der Waals surface area contributed by atoms with E-state index in [0.29, 0.717) is 5.39 Å². The van der Waals surface area contributed by atoms with Crippen LogP contribution >= 0.6 is 0 Å². The van der Waals surface area contributed by atoms with Crippen molar-refractivity contribution in [2.75, 3.05) is 0 Å². The van der Waals surface area contributed by atoms with E-state index in [2.05, 4.69) is 4.72 Å². The summed E-state index contributed by atoms with van der Waals surface area (Å²) in [5.74, 6) is 0.809. The first-order valence-electron chi connectivity index (χ1n) is 5.97. The monoisotopic (exact) mass is 277 g/mol. The zero-order chi connectivity index (χ0) is 14.0. The van der Waals surface area contributed by atoms with E-state index < -0.39 is 16.2 Å². The minimum absolute atomic E-state index is 0.252. The summed E-state index contributed by atoms with van der Waals surface area (Å²) < 4.78 is 27.2. The van der Waals surface area contributed by atoms with E-state index in [4.69, 9.17) is 5.73 Å². The molecule has 3 N–H and O–H groups in total. The first-order chi connectivity index (χ1) is 8.92. The number of fused-ring (bicyclic) bond motifs is 1. The third-order valence-corrected chi connectivity index (χ3v) is 4.44. The molecule has 0 bridgehead atoms. The maximum atomic E-state index is 12.4. The molecule has 2 rings (SSSR count). The Morgan fingerprint density at radius 2 is 1.74 bits per heavy atom. The molecule has 2 aromatic carbocycles. The van der Waals surface area contributed by atoms with Crippen LogP contribution < -0.4 is 10.5 Å². The Labute approximate surface area is 113 Å². The minimum atomic E-state index is -3.63. The lowest BCUT2D eigenvalue weighted by molar-refractivity contribution is 0.558. The summed E-state index contributed by atoms with van der Waals surface area (Å²) in [4.78, 5) is 0.252. The standard InChI is InChI=1S/C14H17N2O2S/c1-10(2)14(15)16-19(17,18)13-9-5-7-11-6-3-4-8-12(11)13/h3-9,14,16H,15H2,1-2H3. The van der Waals surface area contributed by atoms with Crippen LogP contribution in [0.3, 0.4) is 0 Å². The van der Waals surface area contributed by atoms with E-state index in [1.807, 2.05) is 24.3 Å². The van der Waals surface area contributed by atoms with Crippen molar-refractivity contribution in [1.29, 1.82) is 0 Å². The lowest BCUT2D eigenvalue weighted by Gasteiger charge is -2.17. The van der Waals surface area contributed by atoms with Gasteiger partial charge in [-0.2, -0.15) is 4.72 Å². The summed E-state index contributed by atoms with van der Waals surface area (Å²) in [5, 5.41) is 1.58. The summed E-state index contributed by atoms with van der Waals surface area (Å²) in [7, 11) is -3.63. The van der Waals surface area contributed by atoms with Crippen LogP contribution in [-0.4, -0.2) is 14.6 Å². The number of hydrogen-bond donors (Lipinski definition) is 2. The molecule has 1 unspecified atom stereocenters. The smallest absolute Gasteiger partial charge is 0.242 e. The Balaban J connectivity index is 2.49. The lowest BCUT2D eigenvalue weighted by Crippen LogP contribution is -2.44. The highest BCUT2D eigenvalue weighted by atomic mass is 32.2. The van der Waals surface area contributed by atoms with Gasteiger partial charge in [0, 0.05) is 11.3 Å². The van der Waals surface area contributed by atoms with Gasteiger partial charge in [-0.15, -0.1) is 0 Å². The molecule has 1 radical (unpaired) electrons. The first kappa shape index (κ1) is 14.0. The van der Waals surface area contributed by atoms with Crippen LogP contribution in [0.2, 0.25) is 0 Å². The van der Waals surface area contributed by atoms with Crippen molar-refractivity contribution in [1.82, 2.24) is 4.72 Å². The van der Waals surface area contributed by atoms with Gasteiger partial charge in [-0.25, -0.2) is 8.42 Å². The Morgan fingerprint density at radius 3 is 2.42 bits per heavy atom. The zero-order valence-electron chi connectivity index (χ0n) is 10.9. The van der Waals surface area contributed by atoms with Crippen molar-refractivity contribution in [3.63, 3.8) is 0 Å². The number of hydrogen-bond acceptors (Lipinski definition) is 3. The highest BCUT2D eigenvalue weighted by molar-refractivity contribution is 7.89. The number of sulfonamides is 1. The first-order valence-corrected chi connectivity index (χ1v) is 7.46. The largest absolute Gasteiger partial charge is 0.315 e. The van der Waals surface area contributed by atoms with Crippen LogP contribution in [0.4, 0.5) is 0 Å². The van der Waals surface area contributed by atoms with Crippen molar-refractivity contribution in [3.8, 4) is 0 Å². The third kappa shape index (κ3) is 2.94. The van der Waals surface area contributed by atoms with Crippen molar-refractivity contribution in [2.45, 2.75) is 24.9 Å². The molecule has 5 heteroatoms. The summed E-state index contributed by atoms with van der Waals surface area (Å²) in [6, 6.07) is 12.6. The number of nitrogens with one attached hydrogen (secondary N) is 1. The molecule has 0 heterocycles. The summed E-state index contributed by atoms with van der Waals surface area (Å²) in [5.41, 5.74) is 5.76. The average molecular weight is 277 g/mol. The fraction of sp³-hybridized carbons (Fsp3) is 0.214. The predicted octanol–water partition coefficient (Wildman–Crippen LogP) is 2.02. The lowest BCUT2D eigenvalue weighted by atomic mass is 10.1. The molecule has 1 atom stereocenters. The Bertz CT molecular complexity index is 675. The van der Waals surface area contributed by atoms with Gasteiger partial charge in [0.15, 0.2) is 0 Å². The Morgan fingerprint density at radius 1 is 1.11 bits per heavy atom. The summed E-state index contributed by atoms with van der Waals surface area (Å²) >= 11 is 0. The fourth-order valence-corrected chi connectivity index (χ4v) is 3.21. The molecule has 0 aliphatic carbocycles.